The number of phenolic OH excluding ortho intramolecular Hbond substituents is 2. The van der Waals surface area contributed by atoms with Gasteiger partial charge in [0.2, 0.25) is 0 Å². The number of unbranched alkanes of at least 4 members (excludes halogenated alkanes) is 1. The topological polar surface area (TPSA) is 57.5 Å². The van der Waals surface area contributed by atoms with E-state index < -0.39 is 0 Å². The van der Waals surface area contributed by atoms with Crippen LogP contribution in [0.15, 0.2) is 72.8 Å². The molecule has 0 saturated heterocycles. The molecule has 0 fully saturated rings. The van der Waals surface area contributed by atoms with E-state index in [2.05, 4.69) is 45.0 Å². The van der Waals surface area contributed by atoms with Crippen LogP contribution in [-0.2, 0) is 6.42 Å². The molecule has 0 amide bonds. The van der Waals surface area contributed by atoms with Crippen molar-refractivity contribution in [1.29, 1.82) is 0 Å². The minimum Gasteiger partial charge on any atom is -0.508 e. The SMILES string of the molecule is CC.CCCCc1ccc(C(C)C)cc1.O=C(c1ccc(O)cc1)c1ccc(O)cc1. The number of aryl methyl sites for hydroxylation is 1. The van der Waals surface area contributed by atoms with Crippen molar-refractivity contribution in [3.63, 3.8) is 0 Å². The molecule has 0 unspecified atom stereocenters. The van der Waals surface area contributed by atoms with Crippen molar-refractivity contribution < 1.29 is 15.0 Å². The van der Waals surface area contributed by atoms with Crippen molar-refractivity contribution in [1.82, 2.24) is 0 Å². The summed E-state index contributed by atoms with van der Waals surface area (Å²) in [6.45, 7) is 10.7. The molecule has 0 aliphatic rings. The number of benzene rings is 3. The zero-order valence-corrected chi connectivity index (χ0v) is 19.4. The van der Waals surface area contributed by atoms with Crippen LogP contribution in [0.4, 0.5) is 0 Å². The fourth-order valence-corrected chi connectivity index (χ4v) is 2.84. The van der Waals surface area contributed by atoms with Gasteiger partial charge in [0, 0.05) is 11.1 Å². The molecule has 0 aliphatic heterocycles. The standard InChI is InChI=1S/C13H10O3.C13H20.C2H6/c14-11-5-1-9(2-6-11)13(16)10-3-7-12(15)8-4-10;1-4-5-6-12-7-9-13(10-8-12)11(2)3;1-2/h1-8,14-15H;7-11H,4-6H2,1-3H3;1-2H3. The molecule has 0 atom stereocenters. The molecule has 3 heteroatoms. The molecule has 3 nitrogen and oxygen atoms in total. The van der Waals surface area contributed by atoms with E-state index in [4.69, 9.17) is 10.2 Å². The predicted octanol–water partition coefficient (Wildman–Crippen LogP) is 7.51. The third-order valence-electron chi connectivity index (χ3n) is 4.72. The van der Waals surface area contributed by atoms with Crippen molar-refractivity contribution in [3.05, 3.63) is 95.1 Å². The van der Waals surface area contributed by atoms with E-state index in [9.17, 15) is 4.79 Å². The van der Waals surface area contributed by atoms with Crippen molar-refractivity contribution >= 4 is 5.78 Å². The van der Waals surface area contributed by atoms with Gasteiger partial charge in [-0.2, -0.15) is 0 Å². The minimum atomic E-state index is -0.139. The highest BCUT2D eigenvalue weighted by Gasteiger charge is 2.08. The number of carbonyl (C=O) groups excluding carboxylic acids is 1. The van der Waals surface area contributed by atoms with E-state index in [1.807, 2.05) is 13.8 Å². The maximum atomic E-state index is 11.9. The van der Waals surface area contributed by atoms with Crippen LogP contribution >= 0.6 is 0 Å². The Morgan fingerprint density at radius 2 is 1.16 bits per heavy atom. The van der Waals surface area contributed by atoms with Crippen molar-refractivity contribution in [2.45, 2.75) is 59.8 Å². The Morgan fingerprint density at radius 3 is 1.52 bits per heavy atom. The van der Waals surface area contributed by atoms with Gasteiger partial charge in [0.1, 0.15) is 11.5 Å². The summed E-state index contributed by atoms with van der Waals surface area (Å²) in [6.07, 6.45) is 3.82. The lowest BCUT2D eigenvalue weighted by Gasteiger charge is -2.06. The molecule has 0 radical (unpaired) electrons. The van der Waals surface area contributed by atoms with Gasteiger partial charge >= 0.3 is 0 Å². The van der Waals surface area contributed by atoms with Crippen molar-refractivity contribution in [3.8, 4) is 11.5 Å². The van der Waals surface area contributed by atoms with Gasteiger partial charge < -0.3 is 10.2 Å². The van der Waals surface area contributed by atoms with Crippen molar-refractivity contribution in [2.24, 2.45) is 0 Å². The van der Waals surface area contributed by atoms with E-state index in [-0.39, 0.29) is 17.3 Å². The Kier molecular flexibility index (Phi) is 11.7. The summed E-state index contributed by atoms with van der Waals surface area (Å²) in [4.78, 5) is 11.9. The molecule has 0 saturated carbocycles. The zero-order valence-electron chi connectivity index (χ0n) is 19.4. The third-order valence-corrected chi connectivity index (χ3v) is 4.72. The van der Waals surface area contributed by atoms with Crippen LogP contribution in [0.25, 0.3) is 0 Å². The van der Waals surface area contributed by atoms with Crippen LogP contribution in [-0.4, -0.2) is 16.0 Å². The average Bonchev–Trinajstić information content (AvgIpc) is 2.80. The Labute approximate surface area is 187 Å². The first-order valence-corrected chi connectivity index (χ1v) is 11.1. The number of phenols is 2. The Bertz CT molecular complexity index is 830. The lowest BCUT2D eigenvalue weighted by molar-refractivity contribution is 0.103. The highest BCUT2D eigenvalue weighted by molar-refractivity contribution is 6.09. The number of carbonyl (C=O) groups is 1. The monoisotopic (exact) mass is 420 g/mol. The van der Waals surface area contributed by atoms with E-state index >= 15 is 0 Å². The Morgan fingerprint density at radius 1 is 0.742 bits per heavy atom. The van der Waals surface area contributed by atoms with Gasteiger partial charge in [-0.3, -0.25) is 4.79 Å². The summed E-state index contributed by atoms with van der Waals surface area (Å²) in [5, 5.41) is 18.2. The third kappa shape index (κ3) is 9.08. The van der Waals surface area contributed by atoms with Crippen LogP contribution in [0.1, 0.15) is 80.4 Å². The summed E-state index contributed by atoms with van der Waals surface area (Å²) in [7, 11) is 0. The zero-order chi connectivity index (χ0) is 23.2. The van der Waals surface area contributed by atoms with Gasteiger partial charge in [-0.1, -0.05) is 65.3 Å². The molecule has 31 heavy (non-hydrogen) atoms. The van der Waals surface area contributed by atoms with Gasteiger partial charge in [0.05, 0.1) is 0 Å². The van der Waals surface area contributed by atoms with E-state index in [1.165, 1.54) is 54.7 Å². The second-order valence-corrected chi connectivity index (χ2v) is 7.42. The molecule has 0 aromatic heterocycles. The Balaban J connectivity index is 0.000000293. The normalized spacial score (nSPS) is 9.87. The maximum Gasteiger partial charge on any atom is 0.193 e. The Hall–Kier alpha value is -3.07. The molecule has 3 aromatic rings. The highest BCUT2D eigenvalue weighted by atomic mass is 16.3. The van der Waals surface area contributed by atoms with Crippen molar-refractivity contribution in [2.75, 3.05) is 0 Å². The predicted molar refractivity (Wildman–Crippen MR) is 130 cm³/mol. The van der Waals surface area contributed by atoms with Crippen LogP contribution in [0.5, 0.6) is 11.5 Å². The van der Waals surface area contributed by atoms with E-state index in [1.54, 1.807) is 24.3 Å². The first-order valence-electron chi connectivity index (χ1n) is 11.1. The first kappa shape index (κ1) is 26.0. The lowest BCUT2D eigenvalue weighted by atomic mass is 10.00. The minimum absolute atomic E-state index is 0.127. The molecule has 0 heterocycles. The molecular formula is C28H36O3. The first-order chi connectivity index (χ1) is 14.9. The van der Waals surface area contributed by atoms with Crippen LogP contribution in [0.2, 0.25) is 0 Å². The van der Waals surface area contributed by atoms with Gasteiger partial charge in [-0.25, -0.2) is 0 Å². The number of ketones is 1. The largest absolute Gasteiger partial charge is 0.508 e. The summed E-state index contributed by atoms with van der Waals surface area (Å²) in [6, 6.07) is 21.2. The smallest absolute Gasteiger partial charge is 0.193 e. The van der Waals surface area contributed by atoms with Crippen LogP contribution in [0.3, 0.4) is 0 Å². The number of hydrogen-bond acceptors (Lipinski definition) is 3. The summed E-state index contributed by atoms with van der Waals surface area (Å²) < 4.78 is 0. The van der Waals surface area contributed by atoms with Gasteiger partial charge in [0.25, 0.3) is 0 Å². The fourth-order valence-electron chi connectivity index (χ4n) is 2.84. The second kappa shape index (κ2) is 14.0. The van der Waals surface area contributed by atoms with Crippen LogP contribution in [0, 0.1) is 0 Å². The molecular weight excluding hydrogens is 384 g/mol. The van der Waals surface area contributed by atoms with E-state index in [0.29, 0.717) is 17.0 Å². The average molecular weight is 421 g/mol. The second-order valence-electron chi connectivity index (χ2n) is 7.42. The molecule has 3 rings (SSSR count). The quantitative estimate of drug-likeness (QED) is 0.406. The highest BCUT2D eigenvalue weighted by Crippen LogP contribution is 2.17. The lowest BCUT2D eigenvalue weighted by Crippen LogP contribution is -2.00. The van der Waals surface area contributed by atoms with Gasteiger partial charge in [-0.05, 0) is 78.4 Å². The summed E-state index contributed by atoms with van der Waals surface area (Å²) in [5.74, 6) is 0.768. The number of rotatable bonds is 6. The molecule has 2 N–H and O–H groups in total. The molecule has 0 bridgehead atoms. The molecule has 3 aromatic carbocycles. The van der Waals surface area contributed by atoms with E-state index in [0.717, 1.165) is 0 Å². The summed E-state index contributed by atoms with van der Waals surface area (Å²) in [5.41, 5.74) is 3.93. The van der Waals surface area contributed by atoms with Gasteiger partial charge in [0.15, 0.2) is 5.78 Å². The number of aromatic hydroxyl groups is 2. The molecule has 0 aliphatic carbocycles. The van der Waals surface area contributed by atoms with Crippen LogP contribution < -0.4 is 0 Å². The van der Waals surface area contributed by atoms with Gasteiger partial charge in [-0.15, -0.1) is 0 Å². The molecule has 0 spiro atoms. The fraction of sp³-hybridized carbons (Fsp3) is 0.321. The number of hydrogen-bond donors (Lipinski definition) is 2. The molecule has 166 valence electrons. The maximum absolute atomic E-state index is 11.9. The summed E-state index contributed by atoms with van der Waals surface area (Å²) >= 11 is 0.